The number of benzene rings is 1. The van der Waals surface area contributed by atoms with Crippen molar-refractivity contribution in [2.45, 2.75) is 12.2 Å². The maximum atomic E-state index is 13.5. The van der Waals surface area contributed by atoms with Gasteiger partial charge in [0, 0.05) is 17.5 Å². The Labute approximate surface area is 126 Å². The highest BCUT2D eigenvalue weighted by molar-refractivity contribution is 5.88. The highest BCUT2D eigenvalue weighted by Crippen LogP contribution is 2.48. The van der Waals surface area contributed by atoms with Gasteiger partial charge < -0.3 is 14.8 Å². The second kappa shape index (κ2) is 4.83. The molecule has 0 radical (unpaired) electrons. The zero-order valence-electron chi connectivity index (χ0n) is 12.0. The first kappa shape index (κ1) is 13.3. The average Bonchev–Trinajstić information content (AvgIpc) is 3.08. The van der Waals surface area contributed by atoms with E-state index in [1.54, 1.807) is 13.3 Å². The lowest BCUT2D eigenvalue weighted by molar-refractivity contribution is -0.121. The molecule has 2 heterocycles. The Bertz CT molecular complexity index is 751. The summed E-state index contributed by atoms with van der Waals surface area (Å²) in [7, 11) is 1.60. The van der Waals surface area contributed by atoms with Crippen LogP contribution in [-0.4, -0.2) is 36.8 Å². The highest BCUT2D eigenvalue weighted by atomic mass is 19.1. The van der Waals surface area contributed by atoms with Crippen molar-refractivity contribution in [3.63, 3.8) is 0 Å². The van der Waals surface area contributed by atoms with E-state index in [-0.39, 0.29) is 24.5 Å². The van der Waals surface area contributed by atoms with Crippen molar-refractivity contribution < 1.29 is 18.7 Å². The maximum Gasteiger partial charge on any atom is 0.226 e. The molecule has 1 aromatic heterocycles. The Kier molecular flexibility index (Phi) is 2.92. The van der Waals surface area contributed by atoms with Crippen molar-refractivity contribution in [2.24, 2.45) is 11.8 Å². The SMILES string of the molecule is COc1ccc2ccnc(OC[C@H]3NC(=O)[C@@H]4[C@H](F)[C@H]43)c2c1. The Balaban J connectivity index is 1.55. The lowest BCUT2D eigenvalue weighted by Gasteiger charge is -2.15. The van der Waals surface area contributed by atoms with Crippen LogP contribution in [0.3, 0.4) is 0 Å². The zero-order valence-corrected chi connectivity index (χ0v) is 12.0. The van der Waals surface area contributed by atoms with E-state index in [0.717, 1.165) is 10.8 Å². The molecule has 2 fully saturated rings. The quantitative estimate of drug-likeness (QED) is 0.934. The van der Waals surface area contributed by atoms with E-state index in [9.17, 15) is 9.18 Å². The zero-order chi connectivity index (χ0) is 15.3. The molecular formula is C16H15FN2O3. The molecule has 2 aromatic rings. The molecule has 1 N–H and O–H groups in total. The molecule has 114 valence electrons. The number of methoxy groups -OCH3 is 1. The number of pyridine rings is 1. The number of alkyl halides is 1. The summed E-state index contributed by atoms with van der Waals surface area (Å²) in [5.74, 6) is 0.237. The molecule has 22 heavy (non-hydrogen) atoms. The van der Waals surface area contributed by atoms with Crippen LogP contribution in [0.2, 0.25) is 0 Å². The number of hydrogen-bond acceptors (Lipinski definition) is 4. The molecule has 6 heteroatoms. The molecule has 0 unspecified atom stereocenters. The van der Waals surface area contributed by atoms with E-state index in [0.29, 0.717) is 11.6 Å². The van der Waals surface area contributed by atoms with Crippen molar-refractivity contribution in [1.82, 2.24) is 10.3 Å². The minimum absolute atomic E-state index is 0.210. The number of rotatable bonds is 4. The fourth-order valence-corrected chi connectivity index (χ4v) is 3.15. The number of amides is 1. The van der Waals surface area contributed by atoms with Crippen LogP contribution >= 0.6 is 0 Å². The number of fused-ring (bicyclic) bond motifs is 2. The van der Waals surface area contributed by atoms with Gasteiger partial charge in [-0.05, 0) is 23.6 Å². The standard InChI is InChI=1S/C16H15FN2O3/c1-21-9-3-2-8-4-5-18-16(10(8)6-9)22-7-11-12-13(14(12)17)15(20)19-11/h2-6,11-14H,7H2,1H3,(H,19,20)/t11-,12+,13+,14-/m1/s1. The van der Waals surface area contributed by atoms with E-state index in [1.165, 1.54) is 0 Å². The molecule has 1 aliphatic heterocycles. The first-order chi connectivity index (χ1) is 10.7. The maximum absolute atomic E-state index is 13.5. The molecule has 2 aliphatic rings. The Hall–Kier alpha value is -2.37. The van der Waals surface area contributed by atoms with Crippen LogP contribution in [0, 0.1) is 11.8 Å². The predicted molar refractivity (Wildman–Crippen MR) is 77.6 cm³/mol. The second-order valence-corrected chi connectivity index (χ2v) is 5.68. The first-order valence-corrected chi connectivity index (χ1v) is 7.19. The molecule has 5 nitrogen and oxygen atoms in total. The molecule has 1 aromatic carbocycles. The summed E-state index contributed by atoms with van der Waals surface area (Å²) < 4.78 is 24.4. The lowest BCUT2D eigenvalue weighted by atomic mass is 10.1. The van der Waals surface area contributed by atoms with Gasteiger partial charge in [-0.3, -0.25) is 4.79 Å². The Morgan fingerprint density at radius 3 is 2.95 bits per heavy atom. The average molecular weight is 302 g/mol. The monoisotopic (exact) mass is 302 g/mol. The van der Waals surface area contributed by atoms with Crippen molar-refractivity contribution in [2.75, 3.05) is 13.7 Å². The predicted octanol–water partition coefficient (Wildman–Crippen LogP) is 1.70. The first-order valence-electron chi connectivity index (χ1n) is 7.19. The van der Waals surface area contributed by atoms with Crippen molar-refractivity contribution >= 4 is 16.7 Å². The van der Waals surface area contributed by atoms with Gasteiger partial charge in [0.25, 0.3) is 0 Å². The van der Waals surface area contributed by atoms with Crippen LogP contribution in [0.25, 0.3) is 10.8 Å². The fraction of sp³-hybridized carbons (Fsp3) is 0.375. The van der Waals surface area contributed by atoms with Crippen LogP contribution in [0.5, 0.6) is 11.6 Å². The topological polar surface area (TPSA) is 60.5 Å². The van der Waals surface area contributed by atoms with Gasteiger partial charge in [-0.15, -0.1) is 0 Å². The third kappa shape index (κ3) is 1.98. The minimum Gasteiger partial charge on any atom is -0.497 e. The molecule has 4 rings (SSSR count). The number of piperidine rings is 1. The second-order valence-electron chi connectivity index (χ2n) is 5.68. The van der Waals surface area contributed by atoms with Crippen LogP contribution in [0.4, 0.5) is 4.39 Å². The van der Waals surface area contributed by atoms with Gasteiger partial charge in [0.1, 0.15) is 18.5 Å². The molecule has 1 saturated carbocycles. The van der Waals surface area contributed by atoms with Crippen LogP contribution < -0.4 is 14.8 Å². The summed E-state index contributed by atoms with van der Waals surface area (Å²) in [6.07, 6.45) is 0.637. The van der Waals surface area contributed by atoms with E-state index >= 15 is 0 Å². The summed E-state index contributed by atoms with van der Waals surface area (Å²) in [5.41, 5.74) is 0. The van der Waals surface area contributed by atoms with Gasteiger partial charge in [-0.2, -0.15) is 0 Å². The Morgan fingerprint density at radius 1 is 1.36 bits per heavy atom. The fourth-order valence-electron chi connectivity index (χ4n) is 3.15. The number of aromatic nitrogens is 1. The number of hydrogen-bond donors (Lipinski definition) is 1. The number of carbonyl (C=O) groups excluding carboxylic acids is 1. The molecule has 4 atom stereocenters. The largest absolute Gasteiger partial charge is 0.497 e. The van der Waals surface area contributed by atoms with E-state index in [4.69, 9.17) is 9.47 Å². The number of ether oxygens (including phenoxy) is 2. The highest BCUT2D eigenvalue weighted by Gasteiger charge is 2.64. The van der Waals surface area contributed by atoms with Gasteiger partial charge in [0.15, 0.2) is 0 Å². The van der Waals surface area contributed by atoms with Crippen LogP contribution in [0.1, 0.15) is 0 Å². The van der Waals surface area contributed by atoms with E-state index in [2.05, 4.69) is 10.3 Å². The number of nitrogens with one attached hydrogen (secondary N) is 1. The Morgan fingerprint density at radius 2 is 2.23 bits per heavy atom. The molecule has 1 saturated heterocycles. The molecular weight excluding hydrogens is 287 g/mol. The molecule has 0 spiro atoms. The molecule has 1 aliphatic carbocycles. The number of nitrogens with zero attached hydrogens (tertiary/aromatic N) is 1. The van der Waals surface area contributed by atoms with Gasteiger partial charge in [-0.1, -0.05) is 6.07 Å². The van der Waals surface area contributed by atoms with Gasteiger partial charge in [0.2, 0.25) is 11.8 Å². The van der Waals surface area contributed by atoms with E-state index < -0.39 is 12.1 Å². The van der Waals surface area contributed by atoms with Gasteiger partial charge in [-0.25, -0.2) is 9.37 Å². The van der Waals surface area contributed by atoms with E-state index in [1.807, 2.05) is 24.3 Å². The van der Waals surface area contributed by atoms with Crippen molar-refractivity contribution in [3.8, 4) is 11.6 Å². The summed E-state index contributed by atoms with van der Waals surface area (Å²) in [4.78, 5) is 15.7. The molecule has 1 amide bonds. The summed E-state index contributed by atoms with van der Waals surface area (Å²) >= 11 is 0. The normalized spacial score (nSPS) is 29.1. The minimum atomic E-state index is -1.03. The smallest absolute Gasteiger partial charge is 0.226 e. The van der Waals surface area contributed by atoms with Crippen LogP contribution in [-0.2, 0) is 4.79 Å². The summed E-state index contributed by atoms with van der Waals surface area (Å²) in [6, 6.07) is 7.24. The number of halogens is 1. The third-order valence-electron chi connectivity index (χ3n) is 4.42. The summed E-state index contributed by atoms with van der Waals surface area (Å²) in [6.45, 7) is 0.219. The van der Waals surface area contributed by atoms with Crippen LogP contribution in [0.15, 0.2) is 30.5 Å². The number of carbonyl (C=O) groups is 1. The van der Waals surface area contributed by atoms with Gasteiger partial charge in [0.05, 0.1) is 19.1 Å². The lowest BCUT2D eigenvalue weighted by Crippen LogP contribution is -2.37. The van der Waals surface area contributed by atoms with Gasteiger partial charge >= 0.3 is 0 Å². The molecule has 0 bridgehead atoms. The van der Waals surface area contributed by atoms with Crippen molar-refractivity contribution in [1.29, 1.82) is 0 Å². The third-order valence-corrected chi connectivity index (χ3v) is 4.42. The van der Waals surface area contributed by atoms with Crippen molar-refractivity contribution in [3.05, 3.63) is 30.5 Å². The summed E-state index contributed by atoms with van der Waals surface area (Å²) in [5, 5.41) is 4.58.